The highest BCUT2D eigenvalue weighted by molar-refractivity contribution is 6.31. The number of fused-ring (bicyclic) bond motifs is 1. The van der Waals surface area contributed by atoms with Crippen molar-refractivity contribution in [2.75, 3.05) is 5.32 Å². The minimum atomic E-state index is -0.617. The summed E-state index contributed by atoms with van der Waals surface area (Å²) in [7, 11) is 0. The lowest BCUT2D eigenvalue weighted by molar-refractivity contribution is -0.384. The summed E-state index contributed by atoms with van der Waals surface area (Å²) in [6.45, 7) is 0. The van der Waals surface area contributed by atoms with Gasteiger partial charge in [0.15, 0.2) is 0 Å². The van der Waals surface area contributed by atoms with Crippen LogP contribution < -0.4 is 5.32 Å². The van der Waals surface area contributed by atoms with Crippen LogP contribution in [0.25, 0.3) is 10.9 Å². The van der Waals surface area contributed by atoms with Gasteiger partial charge in [-0.1, -0.05) is 17.7 Å². The highest BCUT2D eigenvalue weighted by Crippen LogP contribution is 2.32. The third-order valence-corrected chi connectivity index (χ3v) is 3.14. The lowest BCUT2D eigenvalue weighted by Gasteiger charge is -2.09. The lowest BCUT2D eigenvalue weighted by Crippen LogP contribution is -2.02. The average Bonchev–Trinajstić information content (AvgIpc) is 2.47. The van der Waals surface area contributed by atoms with Crippen LogP contribution in [0.4, 0.5) is 17.2 Å². The zero-order chi connectivity index (χ0) is 14.8. The summed E-state index contributed by atoms with van der Waals surface area (Å²) in [5, 5.41) is 14.6. The molecule has 0 spiro atoms. The fourth-order valence-corrected chi connectivity index (χ4v) is 2.15. The van der Waals surface area contributed by atoms with Crippen LogP contribution in [0.1, 0.15) is 0 Å². The van der Waals surface area contributed by atoms with Gasteiger partial charge >= 0.3 is 5.69 Å². The number of nitrogens with one attached hydrogen (secondary N) is 1. The Morgan fingerprint density at radius 1 is 1.14 bits per heavy atom. The molecule has 0 amide bonds. The highest BCUT2D eigenvalue weighted by atomic mass is 35.5. The van der Waals surface area contributed by atoms with Crippen molar-refractivity contribution in [3.05, 3.63) is 58.1 Å². The van der Waals surface area contributed by atoms with E-state index in [-0.39, 0.29) is 16.7 Å². The van der Waals surface area contributed by atoms with E-state index in [1.165, 1.54) is 6.33 Å². The van der Waals surface area contributed by atoms with Crippen LogP contribution in [0, 0.1) is 10.1 Å². The molecule has 0 radical (unpaired) electrons. The van der Waals surface area contributed by atoms with Gasteiger partial charge in [-0.3, -0.25) is 15.1 Å². The molecule has 2 heterocycles. The summed E-state index contributed by atoms with van der Waals surface area (Å²) in [5.74, 6) is 0.0383. The zero-order valence-electron chi connectivity index (χ0n) is 10.5. The molecule has 0 fully saturated rings. The molecule has 0 aliphatic heterocycles. The molecule has 104 valence electrons. The fraction of sp³-hybridized carbons (Fsp3) is 0. The molecule has 3 rings (SSSR count). The second-order valence-electron chi connectivity index (χ2n) is 4.12. The van der Waals surface area contributed by atoms with Crippen LogP contribution >= 0.6 is 11.6 Å². The van der Waals surface area contributed by atoms with Gasteiger partial charge in [-0.15, -0.1) is 0 Å². The predicted molar refractivity (Wildman–Crippen MR) is 78.7 cm³/mol. The number of pyridine rings is 1. The normalized spacial score (nSPS) is 10.5. The van der Waals surface area contributed by atoms with E-state index >= 15 is 0 Å². The van der Waals surface area contributed by atoms with Crippen LogP contribution in [-0.4, -0.2) is 19.9 Å². The van der Waals surface area contributed by atoms with Crippen molar-refractivity contribution < 1.29 is 4.92 Å². The quantitative estimate of drug-likeness (QED) is 0.453. The molecule has 7 nitrogen and oxygen atoms in total. The van der Waals surface area contributed by atoms with Gasteiger partial charge in [0.1, 0.15) is 6.33 Å². The number of benzene rings is 1. The molecular weight excluding hydrogens is 294 g/mol. The largest absolute Gasteiger partial charge is 0.348 e. The van der Waals surface area contributed by atoms with Gasteiger partial charge in [0, 0.05) is 17.3 Å². The van der Waals surface area contributed by atoms with Gasteiger partial charge < -0.3 is 5.32 Å². The maximum atomic E-state index is 11.1. The van der Waals surface area contributed by atoms with Crippen LogP contribution in [0.15, 0.2) is 42.9 Å². The van der Waals surface area contributed by atoms with E-state index in [9.17, 15) is 10.1 Å². The summed E-state index contributed by atoms with van der Waals surface area (Å²) in [5.41, 5.74) is 1.06. The Bertz CT molecular complexity index is 834. The summed E-state index contributed by atoms with van der Waals surface area (Å²) in [6.07, 6.45) is 2.84. The predicted octanol–water partition coefficient (Wildman–Crippen LogP) is 3.33. The van der Waals surface area contributed by atoms with Gasteiger partial charge in [-0.25, -0.2) is 9.97 Å². The Kier molecular flexibility index (Phi) is 3.33. The third kappa shape index (κ3) is 2.46. The standard InChI is InChI=1S/C13H8ClN5O2/c14-12-11(19(20)21)13(17-7-16-12)18-10-5-1-4-9-8(10)3-2-6-15-9/h1-7H,(H,16,17,18). The van der Waals surface area contributed by atoms with E-state index in [0.717, 1.165) is 10.9 Å². The molecule has 1 aromatic carbocycles. The highest BCUT2D eigenvalue weighted by Gasteiger charge is 2.22. The molecule has 21 heavy (non-hydrogen) atoms. The fourth-order valence-electron chi connectivity index (χ4n) is 1.95. The first-order chi connectivity index (χ1) is 10.2. The van der Waals surface area contributed by atoms with Crippen LogP contribution in [0.5, 0.6) is 0 Å². The van der Waals surface area contributed by atoms with Crippen molar-refractivity contribution >= 4 is 39.7 Å². The van der Waals surface area contributed by atoms with E-state index < -0.39 is 4.92 Å². The molecule has 0 bridgehead atoms. The lowest BCUT2D eigenvalue weighted by atomic mass is 10.2. The van der Waals surface area contributed by atoms with E-state index in [1.54, 1.807) is 24.4 Å². The van der Waals surface area contributed by atoms with Gasteiger partial charge in [0.05, 0.1) is 10.4 Å². The second kappa shape index (κ2) is 5.29. The Balaban J connectivity index is 2.12. The van der Waals surface area contributed by atoms with Gasteiger partial charge in [0.2, 0.25) is 11.0 Å². The van der Waals surface area contributed by atoms with Crippen molar-refractivity contribution in [3.63, 3.8) is 0 Å². The summed E-state index contributed by atoms with van der Waals surface area (Å²) >= 11 is 5.76. The Hall–Kier alpha value is -2.80. The molecule has 0 saturated carbocycles. The van der Waals surface area contributed by atoms with Crippen molar-refractivity contribution in [3.8, 4) is 0 Å². The number of aromatic nitrogens is 3. The zero-order valence-corrected chi connectivity index (χ0v) is 11.3. The maximum Gasteiger partial charge on any atom is 0.348 e. The van der Waals surface area contributed by atoms with E-state index in [1.807, 2.05) is 12.1 Å². The van der Waals surface area contributed by atoms with Crippen molar-refractivity contribution in [1.29, 1.82) is 0 Å². The van der Waals surface area contributed by atoms with E-state index in [4.69, 9.17) is 11.6 Å². The molecular formula is C13H8ClN5O2. The van der Waals surface area contributed by atoms with E-state index in [2.05, 4.69) is 20.3 Å². The first-order valence-corrected chi connectivity index (χ1v) is 6.30. The monoisotopic (exact) mass is 301 g/mol. The molecule has 2 aromatic heterocycles. The first kappa shape index (κ1) is 13.2. The molecule has 0 atom stereocenters. The summed E-state index contributed by atoms with van der Waals surface area (Å²) < 4.78 is 0. The molecule has 8 heteroatoms. The van der Waals surface area contributed by atoms with Crippen molar-refractivity contribution in [2.24, 2.45) is 0 Å². The number of hydrogen-bond donors (Lipinski definition) is 1. The van der Waals surface area contributed by atoms with Crippen LogP contribution in [0.3, 0.4) is 0 Å². The van der Waals surface area contributed by atoms with Gasteiger partial charge in [0.25, 0.3) is 0 Å². The van der Waals surface area contributed by atoms with Crippen molar-refractivity contribution in [2.45, 2.75) is 0 Å². The minimum Gasteiger partial charge on any atom is -0.334 e. The Morgan fingerprint density at radius 3 is 2.81 bits per heavy atom. The molecule has 0 saturated heterocycles. The number of anilines is 2. The Morgan fingerprint density at radius 2 is 2.00 bits per heavy atom. The second-order valence-corrected chi connectivity index (χ2v) is 4.48. The molecule has 0 aliphatic rings. The first-order valence-electron chi connectivity index (χ1n) is 5.92. The van der Waals surface area contributed by atoms with Crippen LogP contribution in [-0.2, 0) is 0 Å². The number of hydrogen-bond acceptors (Lipinski definition) is 6. The molecule has 1 N–H and O–H groups in total. The number of halogens is 1. The van der Waals surface area contributed by atoms with E-state index in [0.29, 0.717) is 5.69 Å². The van der Waals surface area contributed by atoms with Crippen LogP contribution in [0.2, 0.25) is 5.15 Å². The summed E-state index contributed by atoms with van der Waals surface area (Å²) in [6, 6.07) is 9.08. The SMILES string of the molecule is O=[N+]([O-])c1c(Cl)ncnc1Nc1cccc2ncccc12. The molecule has 0 unspecified atom stereocenters. The molecule has 0 aliphatic carbocycles. The molecule has 3 aromatic rings. The Labute approximate surface area is 123 Å². The topological polar surface area (TPSA) is 93.8 Å². The minimum absolute atomic E-state index is 0.0383. The maximum absolute atomic E-state index is 11.1. The van der Waals surface area contributed by atoms with Gasteiger partial charge in [-0.05, 0) is 24.3 Å². The van der Waals surface area contributed by atoms with Gasteiger partial charge in [-0.2, -0.15) is 0 Å². The number of nitrogens with zero attached hydrogens (tertiary/aromatic N) is 4. The number of rotatable bonds is 3. The number of nitro groups is 1. The third-order valence-electron chi connectivity index (χ3n) is 2.86. The summed E-state index contributed by atoms with van der Waals surface area (Å²) in [4.78, 5) is 22.2. The smallest absolute Gasteiger partial charge is 0.334 e. The van der Waals surface area contributed by atoms with Crippen molar-refractivity contribution in [1.82, 2.24) is 15.0 Å². The average molecular weight is 302 g/mol.